The molecule has 1 aliphatic heterocycles. The standard InChI is InChI=1S/C20H21IN2O4S2/c1-2-26-17-10-13(9-16(21)19(17)25)11-22-23-18(24)12-27-15-5-3-14(4-6-15)20-28-7-8-29-20/h3-6,9-11,20,25H,2,7-8,12H2,1H3,(H,23,24)/b22-11-. The molecule has 1 saturated heterocycles. The minimum Gasteiger partial charge on any atom is -0.504 e. The number of hydrogen-bond acceptors (Lipinski definition) is 7. The van der Waals surface area contributed by atoms with Crippen molar-refractivity contribution >= 4 is 58.2 Å². The minimum absolute atomic E-state index is 0.0955. The maximum absolute atomic E-state index is 12.0. The predicted molar refractivity (Wildman–Crippen MR) is 127 cm³/mol. The van der Waals surface area contributed by atoms with Gasteiger partial charge in [-0.2, -0.15) is 5.10 Å². The Bertz CT molecular complexity index is 872. The summed E-state index contributed by atoms with van der Waals surface area (Å²) in [6, 6.07) is 11.3. The fraction of sp³-hybridized carbons (Fsp3) is 0.300. The molecule has 1 amide bonds. The Kier molecular flexibility index (Phi) is 8.37. The van der Waals surface area contributed by atoms with E-state index in [0.717, 1.165) is 0 Å². The van der Waals surface area contributed by atoms with Crippen LogP contribution >= 0.6 is 46.1 Å². The third-order valence-corrected chi connectivity index (χ3v) is 7.82. The van der Waals surface area contributed by atoms with E-state index in [0.29, 0.717) is 31.8 Å². The van der Waals surface area contributed by atoms with Crippen molar-refractivity contribution < 1.29 is 19.4 Å². The molecule has 1 heterocycles. The smallest absolute Gasteiger partial charge is 0.277 e. The molecule has 2 N–H and O–H groups in total. The molecule has 2 aromatic rings. The van der Waals surface area contributed by atoms with Gasteiger partial charge in [-0.05, 0) is 64.9 Å². The summed E-state index contributed by atoms with van der Waals surface area (Å²) in [5, 5.41) is 13.9. The number of rotatable bonds is 8. The zero-order valence-electron chi connectivity index (χ0n) is 15.8. The monoisotopic (exact) mass is 544 g/mol. The molecule has 0 aromatic heterocycles. The first-order chi connectivity index (χ1) is 14.1. The van der Waals surface area contributed by atoms with Crippen molar-refractivity contribution in [2.24, 2.45) is 5.10 Å². The molecule has 29 heavy (non-hydrogen) atoms. The van der Waals surface area contributed by atoms with Crippen molar-refractivity contribution in [3.8, 4) is 17.2 Å². The van der Waals surface area contributed by atoms with E-state index >= 15 is 0 Å². The zero-order valence-corrected chi connectivity index (χ0v) is 19.6. The van der Waals surface area contributed by atoms with Crippen molar-refractivity contribution in [3.63, 3.8) is 0 Å². The summed E-state index contributed by atoms with van der Waals surface area (Å²) in [6.45, 7) is 2.16. The Morgan fingerprint density at radius 2 is 2.00 bits per heavy atom. The molecule has 154 valence electrons. The maximum atomic E-state index is 12.0. The molecule has 2 aromatic carbocycles. The van der Waals surface area contributed by atoms with Gasteiger partial charge in [-0.15, -0.1) is 23.5 Å². The molecule has 0 saturated carbocycles. The molecule has 0 radical (unpaired) electrons. The lowest BCUT2D eigenvalue weighted by molar-refractivity contribution is -0.123. The number of phenolic OH excluding ortho intramolecular Hbond substituents is 1. The number of ether oxygens (including phenoxy) is 2. The highest BCUT2D eigenvalue weighted by Gasteiger charge is 2.18. The van der Waals surface area contributed by atoms with E-state index in [1.807, 2.05) is 77.3 Å². The molecule has 9 heteroatoms. The number of hydrazone groups is 1. The van der Waals surface area contributed by atoms with Crippen molar-refractivity contribution in [2.45, 2.75) is 11.5 Å². The second kappa shape index (κ2) is 11.0. The number of carbonyl (C=O) groups is 1. The molecule has 0 spiro atoms. The number of aromatic hydroxyl groups is 1. The SMILES string of the molecule is CCOc1cc(/C=N\NC(=O)COc2ccc(C3SCCS3)cc2)cc(I)c1O. The van der Waals surface area contributed by atoms with Crippen LogP contribution in [0.15, 0.2) is 41.5 Å². The molecule has 0 bridgehead atoms. The highest BCUT2D eigenvalue weighted by molar-refractivity contribution is 14.1. The summed E-state index contributed by atoms with van der Waals surface area (Å²) >= 11 is 5.92. The molecule has 0 aliphatic carbocycles. The van der Waals surface area contributed by atoms with Crippen LogP contribution in [-0.2, 0) is 4.79 Å². The van der Waals surface area contributed by atoms with Gasteiger partial charge < -0.3 is 14.6 Å². The van der Waals surface area contributed by atoms with Crippen LogP contribution in [0.4, 0.5) is 0 Å². The molecule has 1 fully saturated rings. The van der Waals surface area contributed by atoms with Gasteiger partial charge in [0.1, 0.15) is 5.75 Å². The maximum Gasteiger partial charge on any atom is 0.277 e. The van der Waals surface area contributed by atoms with E-state index < -0.39 is 0 Å². The Labute approximate surface area is 192 Å². The van der Waals surface area contributed by atoms with E-state index in [4.69, 9.17) is 9.47 Å². The summed E-state index contributed by atoms with van der Waals surface area (Å²) in [4.78, 5) is 12.0. The topological polar surface area (TPSA) is 80.2 Å². The molecule has 0 atom stereocenters. The molecule has 6 nitrogen and oxygen atoms in total. The Morgan fingerprint density at radius 3 is 2.69 bits per heavy atom. The van der Waals surface area contributed by atoms with Crippen LogP contribution in [0.25, 0.3) is 0 Å². The van der Waals surface area contributed by atoms with Gasteiger partial charge >= 0.3 is 0 Å². The van der Waals surface area contributed by atoms with E-state index in [9.17, 15) is 9.90 Å². The molecule has 0 unspecified atom stereocenters. The predicted octanol–water partition coefficient (Wildman–Crippen LogP) is 4.40. The summed E-state index contributed by atoms with van der Waals surface area (Å²) in [5.41, 5.74) is 4.41. The first kappa shape index (κ1) is 22.1. The van der Waals surface area contributed by atoms with Gasteiger partial charge in [0, 0.05) is 11.5 Å². The summed E-state index contributed by atoms with van der Waals surface area (Å²) < 4.78 is 12.0. The second-order valence-electron chi connectivity index (χ2n) is 6.01. The van der Waals surface area contributed by atoms with Crippen molar-refractivity contribution in [3.05, 3.63) is 51.1 Å². The highest BCUT2D eigenvalue weighted by atomic mass is 127. The number of nitrogens with zero attached hydrogens (tertiary/aromatic N) is 1. The lowest BCUT2D eigenvalue weighted by Gasteiger charge is -2.10. The zero-order chi connectivity index (χ0) is 20.6. The first-order valence-corrected chi connectivity index (χ1v) is 12.2. The average molecular weight is 544 g/mol. The highest BCUT2D eigenvalue weighted by Crippen LogP contribution is 2.45. The van der Waals surface area contributed by atoms with Gasteiger partial charge in [0.2, 0.25) is 0 Å². The van der Waals surface area contributed by atoms with Crippen LogP contribution in [0.5, 0.6) is 17.2 Å². The van der Waals surface area contributed by atoms with E-state index in [2.05, 4.69) is 10.5 Å². The fourth-order valence-corrected chi connectivity index (χ4v) is 6.05. The number of nitrogens with one attached hydrogen (secondary N) is 1. The first-order valence-electron chi connectivity index (χ1n) is 9.00. The average Bonchev–Trinajstić information content (AvgIpc) is 3.25. The van der Waals surface area contributed by atoms with Gasteiger partial charge in [-0.1, -0.05) is 12.1 Å². The van der Waals surface area contributed by atoms with E-state index in [-0.39, 0.29) is 18.3 Å². The number of halogens is 1. The largest absolute Gasteiger partial charge is 0.504 e. The van der Waals surface area contributed by atoms with Crippen LogP contribution in [-0.4, -0.2) is 41.9 Å². The second-order valence-corrected chi connectivity index (χ2v) is 9.89. The van der Waals surface area contributed by atoms with Crippen LogP contribution in [0, 0.1) is 3.57 Å². The van der Waals surface area contributed by atoms with Gasteiger partial charge in [-0.25, -0.2) is 5.43 Å². The third kappa shape index (κ3) is 6.45. The van der Waals surface area contributed by atoms with Gasteiger partial charge in [0.05, 0.1) is 21.0 Å². The number of hydrogen-bond donors (Lipinski definition) is 2. The Hall–Kier alpha value is -1.59. The normalized spacial score (nSPS) is 14.3. The molecular formula is C20H21IN2O4S2. The number of benzene rings is 2. The van der Waals surface area contributed by atoms with Crippen LogP contribution in [0.3, 0.4) is 0 Å². The fourth-order valence-electron chi connectivity index (χ4n) is 2.57. The lowest BCUT2D eigenvalue weighted by atomic mass is 10.2. The van der Waals surface area contributed by atoms with Crippen molar-refractivity contribution in [2.75, 3.05) is 24.7 Å². The van der Waals surface area contributed by atoms with Gasteiger partial charge in [-0.3, -0.25) is 4.79 Å². The van der Waals surface area contributed by atoms with Crippen molar-refractivity contribution in [1.29, 1.82) is 0 Å². The summed E-state index contributed by atoms with van der Waals surface area (Å²) in [7, 11) is 0. The number of phenols is 1. The van der Waals surface area contributed by atoms with Crippen LogP contribution in [0.2, 0.25) is 0 Å². The van der Waals surface area contributed by atoms with Gasteiger partial charge in [0.15, 0.2) is 18.1 Å². The molecular weight excluding hydrogens is 523 g/mol. The van der Waals surface area contributed by atoms with E-state index in [1.54, 1.807) is 12.1 Å². The number of amides is 1. The Balaban J connectivity index is 1.48. The molecule has 1 aliphatic rings. The Morgan fingerprint density at radius 1 is 1.28 bits per heavy atom. The lowest BCUT2D eigenvalue weighted by Crippen LogP contribution is -2.24. The quantitative estimate of drug-likeness (QED) is 0.292. The van der Waals surface area contributed by atoms with Crippen LogP contribution < -0.4 is 14.9 Å². The third-order valence-electron chi connectivity index (χ3n) is 3.90. The number of thioether (sulfide) groups is 2. The van der Waals surface area contributed by atoms with Crippen LogP contribution in [0.1, 0.15) is 22.6 Å². The summed E-state index contributed by atoms with van der Waals surface area (Å²) in [6.07, 6.45) is 1.49. The number of carbonyl (C=O) groups excluding carboxylic acids is 1. The van der Waals surface area contributed by atoms with Gasteiger partial charge in [0.25, 0.3) is 5.91 Å². The minimum atomic E-state index is -0.356. The summed E-state index contributed by atoms with van der Waals surface area (Å²) in [5.74, 6) is 3.14. The van der Waals surface area contributed by atoms with E-state index in [1.165, 1.54) is 23.3 Å². The van der Waals surface area contributed by atoms with Crippen molar-refractivity contribution in [1.82, 2.24) is 5.43 Å². The molecule has 3 rings (SSSR count).